The molecule has 0 saturated heterocycles. The lowest BCUT2D eigenvalue weighted by Crippen LogP contribution is -2.43. The van der Waals surface area contributed by atoms with Gasteiger partial charge >= 0.3 is 11.9 Å². The minimum Gasteiger partial charge on any atom is -0.480 e. The molecule has 2 amide bonds. The summed E-state index contributed by atoms with van der Waals surface area (Å²) in [5.41, 5.74) is 3.66. The lowest BCUT2D eigenvalue weighted by molar-refractivity contribution is -0.141. The molecular formula is C52H67F5N4O6. The molecule has 2 heterocycles. The summed E-state index contributed by atoms with van der Waals surface area (Å²) >= 11 is 0. The van der Waals surface area contributed by atoms with Gasteiger partial charge in [-0.25, -0.2) is 22.8 Å². The third-order valence-electron chi connectivity index (χ3n) is 11.8. The van der Waals surface area contributed by atoms with Crippen molar-refractivity contribution >= 4 is 45.6 Å². The molecule has 5 rings (SSSR count). The number of benzene rings is 3. The molecule has 0 aliphatic rings. The van der Waals surface area contributed by atoms with Crippen molar-refractivity contribution in [2.45, 2.75) is 168 Å². The van der Waals surface area contributed by atoms with Crippen molar-refractivity contribution in [2.24, 2.45) is 0 Å². The first-order valence-corrected chi connectivity index (χ1v) is 23.8. The quantitative estimate of drug-likeness (QED) is 0.0120. The van der Waals surface area contributed by atoms with Crippen LogP contribution in [0.3, 0.4) is 0 Å². The highest BCUT2D eigenvalue weighted by atomic mass is 19.2. The number of rotatable bonds is 27. The zero-order valence-electron chi connectivity index (χ0n) is 39.3. The fourth-order valence-corrected chi connectivity index (χ4v) is 8.34. The molecular weight excluding hydrogens is 872 g/mol. The van der Waals surface area contributed by atoms with Crippen molar-refractivity contribution in [1.29, 1.82) is 0 Å². The number of aromatic nitrogens is 2. The van der Waals surface area contributed by atoms with Crippen LogP contribution in [0, 0.1) is 29.1 Å². The largest absolute Gasteiger partial charge is 0.480 e. The van der Waals surface area contributed by atoms with E-state index in [-0.39, 0.29) is 12.3 Å². The number of hydrogen-bond donors (Lipinski definition) is 3. The van der Waals surface area contributed by atoms with Crippen molar-refractivity contribution in [1.82, 2.24) is 19.8 Å². The number of ether oxygens (including phenoxy) is 1. The normalized spacial score (nSPS) is 12.1. The van der Waals surface area contributed by atoms with E-state index in [0.29, 0.717) is 12.0 Å². The minimum absolute atomic E-state index is 0.126. The number of carbonyl (C=O) groups excluding carboxylic acids is 3. The summed E-state index contributed by atoms with van der Waals surface area (Å²) < 4.78 is 77.6. The van der Waals surface area contributed by atoms with Crippen molar-refractivity contribution in [3.05, 3.63) is 101 Å². The first-order valence-electron chi connectivity index (χ1n) is 23.8. The molecule has 10 nitrogen and oxygen atoms in total. The Morgan fingerprint density at radius 2 is 0.896 bits per heavy atom. The molecule has 0 aliphatic carbocycles. The third-order valence-corrected chi connectivity index (χ3v) is 11.8. The summed E-state index contributed by atoms with van der Waals surface area (Å²) in [5, 5.41) is 16.2. The van der Waals surface area contributed by atoms with Crippen molar-refractivity contribution in [2.75, 3.05) is 0 Å². The number of aryl methyl sites for hydroxylation is 2. The van der Waals surface area contributed by atoms with Crippen LogP contribution in [-0.2, 0) is 45.1 Å². The predicted octanol–water partition coefficient (Wildman–Crippen LogP) is 12.0. The molecule has 0 spiro atoms. The number of aliphatic carboxylic acids is 1. The lowest BCUT2D eigenvalue weighted by atomic mass is 10.0. The van der Waals surface area contributed by atoms with Gasteiger partial charge in [-0.15, -0.1) is 0 Å². The zero-order chi connectivity index (χ0) is 48.9. The maximum Gasteiger partial charge on any atom is 0.334 e. The van der Waals surface area contributed by atoms with Crippen molar-refractivity contribution < 1.29 is 51.0 Å². The van der Waals surface area contributed by atoms with Gasteiger partial charge in [0.15, 0.2) is 0 Å². The molecule has 0 bridgehead atoms. The topological polar surface area (TPSA) is 132 Å². The summed E-state index contributed by atoms with van der Waals surface area (Å²) in [5.74, 6) is -16.5. The van der Waals surface area contributed by atoms with E-state index in [0.717, 1.165) is 73.1 Å². The first-order chi connectivity index (χ1) is 32.2. The Kier molecular flexibility index (Phi) is 22.4. The summed E-state index contributed by atoms with van der Waals surface area (Å²) in [4.78, 5) is 47.5. The second kappa shape index (κ2) is 27.8. The average molecular weight is 939 g/mol. The van der Waals surface area contributed by atoms with E-state index in [9.17, 15) is 46.2 Å². The highest BCUT2D eigenvalue weighted by Crippen LogP contribution is 2.30. The van der Waals surface area contributed by atoms with Crippen LogP contribution in [0.4, 0.5) is 22.0 Å². The van der Waals surface area contributed by atoms with E-state index in [2.05, 4.69) is 46.0 Å². The number of carboxylic acids is 1. The van der Waals surface area contributed by atoms with Crippen LogP contribution in [0.25, 0.3) is 21.8 Å². The number of carboxylic acid groups (broad SMARTS) is 1. The standard InChI is InChI=1S/C29H33F5N2O3.C23H34N2O3/c1-3-4-5-6-7-8-9-12-15-36-17-19(20-13-10-11-14-22(20)36)16-21(35-18(2)37)29(38)39-28-26(33)24(31)23(30)25(32)27(28)34;1-3-4-5-6-7-8-9-12-15-25-17-19(20-13-10-11-14-22(20)25)16-21(23(27)28)24-18(2)26/h10-11,13-14,17,21H,3-9,12,15-16H2,1-2H3,(H,35,37);10-11,13-14,17,21H,3-9,12,15-16H2,1-2H3,(H,24,26)(H,27,28). The summed E-state index contributed by atoms with van der Waals surface area (Å²) in [6.07, 6.45) is 23.6. The van der Waals surface area contributed by atoms with Gasteiger partial charge in [-0.2, -0.15) is 8.78 Å². The Labute approximate surface area is 390 Å². The Hall–Kier alpha value is -5.73. The number of nitrogens with one attached hydrogen (secondary N) is 2. The van der Waals surface area contributed by atoms with Crippen LogP contribution < -0.4 is 15.4 Å². The maximum absolute atomic E-state index is 14.1. The van der Waals surface area contributed by atoms with Crippen molar-refractivity contribution in [3.8, 4) is 5.75 Å². The first kappa shape index (κ1) is 53.9. The molecule has 15 heteroatoms. The monoisotopic (exact) mass is 938 g/mol. The fraction of sp³-hybridized carbons (Fsp3) is 0.500. The lowest BCUT2D eigenvalue weighted by Gasteiger charge is -2.17. The molecule has 0 aliphatic heterocycles. The van der Waals surface area contributed by atoms with Crippen LogP contribution in [0.5, 0.6) is 5.75 Å². The molecule has 67 heavy (non-hydrogen) atoms. The van der Waals surface area contributed by atoms with Crippen LogP contribution in [0.1, 0.15) is 142 Å². The van der Waals surface area contributed by atoms with Gasteiger partial charge in [0, 0.05) is 74.0 Å². The van der Waals surface area contributed by atoms with Gasteiger partial charge in [-0.1, -0.05) is 140 Å². The van der Waals surface area contributed by atoms with Crippen LogP contribution in [0.2, 0.25) is 0 Å². The number of esters is 1. The van der Waals surface area contributed by atoms with E-state index < -0.39 is 64.8 Å². The van der Waals surface area contributed by atoms with Gasteiger partial charge in [-0.05, 0) is 36.1 Å². The van der Waals surface area contributed by atoms with Crippen LogP contribution in [-0.4, -0.2) is 50.1 Å². The molecule has 366 valence electrons. The van der Waals surface area contributed by atoms with E-state index in [4.69, 9.17) is 0 Å². The molecule has 0 radical (unpaired) electrons. The molecule has 0 saturated carbocycles. The van der Waals surface area contributed by atoms with E-state index in [1.807, 2.05) is 53.2 Å². The number of amides is 2. The molecule has 0 fully saturated rings. The Morgan fingerprint density at radius 1 is 0.537 bits per heavy atom. The molecule has 3 N–H and O–H groups in total. The van der Waals surface area contributed by atoms with Crippen LogP contribution >= 0.6 is 0 Å². The second-order valence-electron chi connectivity index (χ2n) is 17.3. The summed E-state index contributed by atoms with van der Waals surface area (Å²) in [7, 11) is 0. The number of unbranched alkanes of at least 4 members (excludes halogenated alkanes) is 14. The van der Waals surface area contributed by atoms with E-state index >= 15 is 0 Å². The number of hydrogen-bond acceptors (Lipinski definition) is 5. The van der Waals surface area contributed by atoms with Gasteiger partial charge in [0.1, 0.15) is 12.1 Å². The van der Waals surface area contributed by atoms with Gasteiger partial charge in [0.2, 0.25) is 46.6 Å². The highest BCUT2D eigenvalue weighted by Gasteiger charge is 2.32. The third kappa shape index (κ3) is 16.2. The highest BCUT2D eigenvalue weighted by molar-refractivity contribution is 5.88. The SMILES string of the molecule is CCCCCCCCCCn1cc(CC(NC(C)=O)C(=O)O)c2ccccc21.CCCCCCCCCCn1cc(CC(NC(C)=O)C(=O)Oc2c(F)c(F)c(F)c(F)c2F)c2ccccc21. The van der Waals surface area contributed by atoms with Gasteiger partial charge in [0.05, 0.1) is 0 Å². The number of fused-ring (bicyclic) bond motifs is 2. The second-order valence-corrected chi connectivity index (χ2v) is 17.3. The van der Waals surface area contributed by atoms with Crippen molar-refractivity contribution in [3.63, 3.8) is 0 Å². The Bertz CT molecular complexity index is 2370. The molecule has 5 aromatic rings. The summed E-state index contributed by atoms with van der Waals surface area (Å²) in [6, 6.07) is 13.2. The smallest absolute Gasteiger partial charge is 0.334 e. The minimum atomic E-state index is -2.37. The van der Waals surface area contributed by atoms with Crippen LogP contribution in [0.15, 0.2) is 60.9 Å². The van der Waals surface area contributed by atoms with E-state index in [1.54, 1.807) is 0 Å². The number of halogens is 5. The fourth-order valence-electron chi connectivity index (χ4n) is 8.34. The molecule has 2 atom stereocenters. The van der Waals surface area contributed by atoms with Gasteiger partial charge in [-0.3, -0.25) is 9.59 Å². The zero-order valence-corrected chi connectivity index (χ0v) is 39.3. The predicted molar refractivity (Wildman–Crippen MR) is 251 cm³/mol. The molecule has 3 aromatic carbocycles. The number of carbonyl (C=O) groups is 4. The summed E-state index contributed by atoms with van der Waals surface area (Å²) in [6.45, 7) is 8.57. The Morgan fingerprint density at radius 3 is 1.30 bits per heavy atom. The molecule has 2 unspecified atom stereocenters. The van der Waals surface area contributed by atoms with Gasteiger partial charge in [0.25, 0.3) is 0 Å². The average Bonchev–Trinajstić information content (AvgIpc) is 3.84. The van der Waals surface area contributed by atoms with Gasteiger partial charge < -0.3 is 29.6 Å². The maximum atomic E-state index is 14.1. The molecule has 2 aromatic heterocycles. The van der Waals surface area contributed by atoms with E-state index in [1.165, 1.54) is 84.0 Å². The number of nitrogens with zero attached hydrogens (tertiary/aromatic N) is 2. The number of para-hydroxylation sites is 2. The Balaban J connectivity index is 0.000000309.